The highest BCUT2D eigenvalue weighted by molar-refractivity contribution is 6.31. The quantitative estimate of drug-likeness (QED) is 0.281. The lowest BCUT2D eigenvalue weighted by atomic mass is 9.82. The number of halogens is 1. The van der Waals surface area contributed by atoms with E-state index in [0.29, 0.717) is 22.5 Å². The van der Waals surface area contributed by atoms with Crippen molar-refractivity contribution in [3.63, 3.8) is 0 Å². The van der Waals surface area contributed by atoms with E-state index >= 15 is 0 Å². The second kappa shape index (κ2) is 8.60. The number of anilines is 2. The van der Waals surface area contributed by atoms with Gasteiger partial charge in [0.25, 0.3) is 0 Å². The molecular weight excluding hydrogens is 458 g/mol. The fourth-order valence-electron chi connectivity index (χ4n) is 4.69. The minimum Gasteiger partial charge on any atom is -0.497 e. The van der Waals surface area contributed by atoms with Gasteiger partial charge in [-0.2, -0.15) is 4.98 Å². The molecule has 1 aromatic heterocycles. The number of hydrogen-bond donors (Lipinski definition) is 1. The molecule has 5 aromatic rings. The molecule has 0 amide bonds. The largest absolute Gasteiger partial charge is 0.497 e. The van der Waals surface area contributed by atoms with Crippen LogP contribution in [0.2, 0.25) is 5.02 Å². The zero-order chi connectivity index (χ0) is 23.9. The lowest BCUT2D eigenvalue weighted by Gasteiger charge is -2.31. The number of rotatable bonds is 4. The molecule has 35 heavy (non-hydrogen) atoms. The van der Waals surface area contributed by atoms with Crippen LogP contribution in [-0.4, -0.2) is 17.1 Å². The van der Waals surface area contributed by atoms with Crippen LogP contribution >= 0.6 is 11.6 Å². The summed E-state index contributed by atoms with van der Waals surface area (Å²) in [4.78, 5) is 9.51. The van der Waals surface area contributed by atoms with Crippen molar-refractivity contribution in [3.8, 4) is 17.4 Å². The summed E-state index contributed by atoms with van der Waals surface area (Å²) in [6, 6.07) is 28.1. The fraction of sp³-hybridized carbons (Fsp3) is 0.103. The van der Waals surface area contributed by atoms with Gasteiger partial charge in [-0.3, -0.25) is 0 Å². The van der Waals surface area contributed by atoms with Crippen LogP contribution in [0.25, 0.3) is 10.8 Å². The second-order valence-corrected chi connectivity index (χ2v) is 8.86. The maximum absolute atomic E-state index is 6.77. The standard InChI is InChI=1S/C29H22ClN3O2/c1-17-31-28(33-19-12-14-20(34-2)15-13-19)26-25(22-9-5-6-10-24(22)30)23-16-11-18-7-3-4-8-21(18)27(23)35-29(26)32-17/h3-16,25H,1-2H3,(H,31,32,33). The van der Waals surface area contributed by atoms with E-state index in [1.807, 2.05) is 61.5 Å². The number of nitrogens with zero attached hydrogens (tertiary/aromatic N) is 2. The highest BCUT2D eigenvalue weighted by Gasteiger charge is 2.35. The second-order valence-electron chi connectivity index (χ2n) is 8.45. The van der Waals surface area contributed by atoms with Crippen LogP contribution in [-0.2, 0) is 0 Å². The molecule has 0 saturated heterocycles. The van der Waals surface area contributed by atoms with Crippen molar-refractivity contribution in [1.82, 2.24) is 9.97 Å². The highest BCUT2D eigenvalue weighted by Crippen LogP contribution is 2.52. The van der Waals surface area contributed by atoms with Gasteiger partial charge in [0, 0.05) is 27.6 Å². The summed E-state index contributed by atoms with van der Waals surface area (Å²) in [7, 11) is 1.65. The lowest BCUT2D eigenvalue weighted by Crippen LogP contribution is -2.17. The Morgan fingerprint density at radius 2 is 1.63 bits per heavy atom. The van der Waals surface area contributed by atoms with E-state index in [-0.39, 0.29) is 5.92 Å². The molecule has 4 aromatic carbocycles. The van der Waals surface area contributed by atoms with Crippen molar-refractivity contribution in [3.05, 3.63) is 112 Å². The normalized spacial score (nSPS) is 14.1. The summed E-state index contributed by atoms with van der Waals surface area (Å²) in [5.41, 5.74) is 3.73. The molecule has 1 N–H and O–H groups in total. The number of aryl methyl sites for hydroxylation is 1. The minimum atomic E-state index is -0.214. The number of nitrogens with one attached hydrogen (secondary N) is 1. The SMILES string of the molecule is COc1ccc(Nc2nc(C)nc3c2C(c2ccccc2Cl)c2ccc4ccccc4c2O3)cc1. The van der Waals surface area contributed by atoms with Crippen LogP contribution in [0.3, 0.4) is 0 Å². The Bertz CT molecular complexity index is 1570. The molecule has 1 atom stereocenters. The van der Waals surface area contributed by atoms with Crippen LogP contribution in [0, 0.1) is 6.92 Å². The molecule has 0 aliphatic carbocycles. The molecule has 2 heterocycles. The van der Waals surface area contributed by atoms with Gasteiger partial charge in [-0.05, 0) is 48.2 Å². The number of methoxy groups -OCH3 is 1. The Morgan fingerprint density at radius 3 is 2.43 bits per heavy atom. The molecule has 0 fully saturated rings. The van der Waals surface area contributed by atoms with Crippen LogP contribution in [0.1, 0.15) is 28.4 Å². The van der Waals surface area contributed by atoms with Gasteiger partial charge in [-0.25, -0.2) is 4.98 Å². The van der Waals surface area contributed by atoms with Crippen molar-refractivity contribution < 1.29 is 9.47 Å². The van der Waals surface area contributed by atoms with E-state index in [2.05, 4.69) is 35.6 Å². The van der Waals surface area contributed by atoms with Crippen molar-refractivity contribution in [1.29, 1.82) is 0 Å². The van der Waals surface area contributed by atoms with Gasteiger partial charge in [0.05, 0.1) is 12.7 Å². The van der Waals surface area contributed by atoms with Gasteiger partial charge in [0.2, 0.25) is 5.88 Å². The van der Waals surface area contributed by atoms with Crippen LogP contribution in [0.5, 0.6) is 17.4 Å². The molecule has 172 valence electrons. The molecule has 1 aliphatic rings. The Hall–Kier alpha value is -4.09. The molecule has 0 spiro atoms. The van der Waals surface area contributed by atoms with E-state index in [1.54, 1.807) is 7.11 Å². The number of benzene rings is 4. The van der Waals surface area contributed by atoms with E-state index < -0.39 is 0 Å². The van der Waals surface area contributed by atoms with Gasteiger partial charge in [-0.15, -0.1) is 0 Å². The minimum absolute atomic E-state index is 0.214. The van der Waals surface area contributed by atoms with Crippen LogP contribution < -0.4 is 14.8 Å². The van der Waals surface area contributed by atoms with Gasteiger partial charge >= 0.3 is 0 Å². The average molecular weight is 480 g/mol. The molecule has 0 radical (unpaired) electrons. The third kappa shape index (κ3) is 3.74. The number of ether oxygens (including phenoxy) is 2. The monoisotopic (exact) mass is 479 g/mol. The number of aromatic nitrogens is 2. The molecule has 0 bridgehead atoms. The molecule has 6 rings (SSSR count). The van der Waals surface area contributed by atoms with E-state index in [0.717, 1.165) is 44.6 Å². The molecule has 1 unspecified atom stereocenters. The van der Waals surface area contributed by atoms with Gasteiger partial charge in [0.1, 0.15) is 23.1 Å². The summed E-state index contributed by atoms with van der Waals surface area (Å²) in [5.74, 6) is 3.20. The molecule has 1 aliphatic heterocycles. The first-order valence-electron chi connectivity index (χ1n) is 11.4. The zero-order valence-electron chi connectivity index (χ0n) is 19.2. The summed E-state index contributed by atoms with van der Waals surface area (Å²) in [5, 5.41) is 6.30. The van der Waals surface area contributed by atoms with Crippen molar-refractivity contribution in [2.24, 2.45) is 0 Å². The predicted octanol–water partition coefficient (Wildman–Crippen LogP) is 7.63. The topological polar surface area (TPSA) is 56.3 Å². The smallest absolute Gasteiger partial charge is 0.228 e. The summed E-state index contributed by atoms with van der Waals surface area (Å²) >= 11 is 6.77. The fourth-order valence-corrected chi connectivity index (χ4v) is 4.93. The zero-order valence-corrected chi connectivity index (χ0v) is 20.0. The molecular formula is C29H22ClN3O2. The van der Waals surface area contributed by atoms with E-state index in [9.17, 15) is 0 Å². The van der Waals surface area contributed by atoms with Crippen molar-refractivity contribution in [2.75, 3.05) is 12.4 Å². The predicted molar refractivity (Wildman–Crippen MR) is 139 cm³/mol. The van der Waals surface area contributed by atoms with Crippen molar-refractivity contribution in [2.45, 2.75) is 12.8 Å². The van der Waals surface area contributed by atoms with E-state index in [1.165, 1.54) is 0 Å². The Kier molecular flexibility index (Phi) is 5.27. The van der Waals surface area contributed by atoms with Crippen LogP contribution in [0.4, 0.5) is 11.5 Å². The average Bonchev–Trinajstić information content (AvgIpc) is 2.88. The lowest BCUT2D eigenvalue weighted by molar-refractivity contribution is 0.415. The van der Waals surface area contributed by atoms with Crippen molar-refractivity contribution >= 4 is 33.9 Å². The Morgan fingerprint density at radius 1 is 0.857 bits per heavy atom. The maximum atomic E-state index is 6.77. The van der Waals surface area contributed by atoms with Gasteiger partial charge < -0.3 is 14.8 Å². The molecule has 0 saturated carbocycles. The Labute approximate surface area is 208 Å². The van der Waals surface area contributed by atoms with Gasteiger partial charge in [0.15, 0.2) is 0 Å². The van der Waals surface area contributed by atoms with Crippen LogP contribution in [0.15, 0.2) is 84.9 Å². The molecule has 6 heteroatoms. The van der Waals surface area contributed by atoms with Gasteiger partial charge in [-0.1, -0.05) is 66.2 Å². The first-order chi connectivity index (χ1) is 17.1. The maximum Gasteiger partial charge on any atom is 0.228 e. The number of fused-ring (bicyclic) bond motifs is 4. The van der Waals surface area contributed by atoms with E-state index in [4.69, 9.17) is 31.0 Å². The highest BCUT2D eigenvalue weighted by atomic mass is 35.5. The summed E-state index contributed by atoms with van der Waals surface area (Å²) in [6.45, 7) is 1.87. The number of hydrogen-bond acceptors (Lipinski definition) is 5. The summed E-state index contributed by atoms with van der Waals surface area (Å²) < 4.78 is 11.8. The first kappa shape index (κ1) is 21.4. The first-order valence-corrected chi connectivity index (χ1v) is 11.7. The summed E-state index contributed by atoms with van der Waals surface area (Å²) in [6.07, 6.45) is 0. The third-order valence-electron chi connectivity index (χ3n) is 6.30. The third-order valence-corrected chi connectivity index (χ3v) is 6.64. The Balaban J connectivity index is 1.59. The molecule has 5 nitrogen and oxygen atoms in total.